The number of methoxy groups -OCH3 is 1. The third-order valence-corrected chi connectivity index (χ3v) is 3.66. The van der Waals surface area contributed by atoms with Gasteiger partial charge in [0, 0.05) is 32.1 Å². The fourth-order valence-corrected chi connectivity index (χ4v) is 2.49. The fraction of sp³-hybridized carbons (Fsp3) is 0.533. The highest BCUT2D eigenvalue weighted by Gasteiger charge is 2.25. The van der Waals surface area contributed by atoms with Crippen molar-refractivity contribution in [3.8, 4) is 5.75 Å². The predicted octanol–water partition coefficient (Wildman–Crippen LogP) is 2.28. The highest BCUT2D eigenvalue weighted by Crippen LogP contribution is 2.30. The van der Waals surface area contributed by atoms with Crippen LogP contribution >= 0.6 is 0 Å². The van der Waals surface area contributed by atoms with Crippen molar-refractivity contribution in [2.45, 2.75) is 13.8 Å². The quantitative estimate of drug-likeness (QED) is 0.858. The fourth-order valence-electron chi connectivity index (χ4n) is 2.49. The van der Waals surface area contributed by atoms with Gasteiger partial charge in [-0.1, -0.05) is 13.8 Å². The van der Waals surface area contributed by atoms with Crippen LogP contribution in [0.2, 0.25) is 0 Å². The molecule has 2 rings (SSSR count). The van der Waals surface area contributed by atoms with E-state index in [-0.39, 0.29) is 17.6 Å². The van der Waals surface area contributed by atoms with Gasteiger partial charge in [-0.15, -0.1) is 0 Å². The standard InChI is InChI=1S/C15H20F2N2O2/c1-10(2)15(20)19-8-6-18(7-9-19)12-5-4-11(16)14(21-3)13(12)17/h4-5,10H,6-9H2,1-3H3. The third-order valence-electron chi connectivity index (χ3n) is 3.66. The first-order valence-corrected chi connectivity index (χ1v) is 7.01. The lowest BCUT2D eigenvalue weighted by Gasteiger charge is -2.37. The first-order valence-electron chi connectivity index (χ1n) is 7.01. The van der Waals surface area contributed by atoms with Crippen molar-refractivity contribution in [3.63, 3.8) is 0 Å². The zero-order valence-electron chi connectivity index (χ0n) is 12.5. The van der Waals surface area contributed by atoms with E-state index in [1.54, 1.807) is 9.80 Å². The van der Waals surface area contributed by atoms with Crippen LogP contribution in [-0.4, -0.2) is 44.1 Å². The number of carbonyl (C=O) groups excluding carboxylic acids is 1. The van der Waals surface area contributed by atoms with Gasteiger partial charge in [-0.25, -0.2) is 8.78 Å². The van der Waals surface area contributed by atoms with E-state index in [9.17, 15) is 13.6 Å². The summed E-state index contributed by atoms with van der Waals surface area (Å²) in [5, 5.41) is 0. The predicted molar refractivity (Wildman–Crippen MR) is 76.5 cm³/mol. The number of nitrogens with zero attached hydrogens (tertiary/aromatic N) is 2. The summed E-state index contributed by atoms with van der Waals surface area (Å²) in [4.78, 5) is 15.5. The Morgan fingerprint density at radius 1 is 1.19 bits per heavy atom. The average Bonchev–Trinajstić information content (AvgIpc) is 2.47. The van der Waals surface area contributed by atoms with Crippen LogP contribution in [-0.2, 0) is 4.79 Å². The second kappa shape index (κ2) is 6.28. The molecule has 4 nitrogen and oxygen atoms in total. The van der Waals surface area contributed by atoms with E-state index in [1.807, 2.05) is 13.8 Å². The normalized spacial score (nSPS) is 15.5. The van der Waals surface area contributed by atoms with Crippen LogP contribution in [0.25, 0.3) is 0 Å². The molecule has 0 aromatic heterocycles. The maximum atomic E-state index is 14.2. The summed E-state index contributed by atoms with van der Waals surface area (Å²) in [5.41, 5.74) is 0.310. The van der Waals surface area contributed by atoms with E-state index >= 15 is 0 Å². The van der Waals surface area contributed by atoms with Gasteiger partial charge in [0.25, 0.3) is 0 Å². The molecule has 1 saturated heterocycles. The van der Waals surface area contributed by atoms with E-state index in [4.69, 9.17) is 4.74 Å². The molecule has 1 heterocycles. The molecule has 0 N–H and O–H groups in total. The molecule has 0 aliphatic carbocycles. The van der Waals surface area contributed by atoms with Gasteiger partial charge in [-0.2, -0.15) is 0 Å². The molecule has 0 saturated carbocycles. The van der Waals surface area contributed by atoms with Crippen LogP contribution in [0.1, 0.15) is 13.8 Å². The SMILES string of the molecule is COc1c(F)ccc(N2CCN(C(=O)C(C)C)CC2)c1F. The van der Waals surface area contributed by atoms with Crippen molar-refractivity contribution in [1.29, 1.82) is 0 Å². The van der Waals surface area contributed by atoms with Gasteiger partial charge >= 0.3 is 0 Å². The molecule has 0 atom stereocenters. The molecule has 116 valence electrons. The largest absolute Gasteiger partial charge is 0.491 e. The van der Waals surface area contributed by atoms with Gasteiger partial charge in [0.1, 0.15) is 0 Å². The molecule has 1 aromatic rings. The minimum absolute atomic E-state index is 0.0424. The van der Waals surface area contributed by atoms with Gasteiger partial charge in [0.15, 0.2) is 17.4 Å². The topological polar surface area (TPSA) is 32.8 Å². The second-order valence-electron chi connectivity index (χ2n) is 5.38. The van der Waals surface area contributed by atoms with Crippen LogP contribution in [0.3, 0.4) is 0 Å². The molecular formula is C15H20F2N2O2. The lowest BCUT2D eigenvalue weighted by atomic mass is 10.1. The number of benzene rings is 1. The summed E-state index contributed by atoms with van der Waals surface area (Å²) in [6.07, 6.45) is 0. The monoisotopic (exact) mass is 298 g/mol. The summed E-state index contributed by atoms with van der Waals surface area (Å²) >= 11 is 0. The number of ether oxygens (including phenoxy) is 1. The molecule has 0 radical (unpaired) electrons. The van der Waals surface area contributed by atoms with Gasteiger partial charge in [-0.3, -0.25) is 4.79 Å². The number of rotatable bonds is 3. The van der Waals surface area contributed by atoms with E-state index in [0.29, 0.717) is 31.9 Å². The Bertz CT molecular complexity index is 527. The van der Waals surface area contributed by atoms with E-state index in [0.717, 1.165) is 0 Å². The van der Waals surface area contributed by atoms with Gasteiger partial charge < -0.3 is 14.5 Å². The van der Waals surface area contributed by atoms with Gasteiger partial charge in [0.2, 0.25) is 5.91 Å². The number of halogens is 2. The Kier molecular flexibility index (Phi) is 4.65. The van der Waals surface area contributed by atoms with Crippen molar-refractivity contribution in [1.82, 2.24) is 4.90 Å². The number of anilines is 1. The molecular weight excluding hydrogens is 278 g/mol. The zero-order valence-corrected chi connectivity index (χ0v) is 12.5. The van der Waals surface area contributed by atoms with E-state index in [1.165, 1.54) is 19.2 Å². The van der Waals surface area contributed by atoms with Gasteiger partial charge in [0.05, 0.1) is 12.8 Å². The first-order chi connectivity index (χ1) is 9.95. The smallest absolute Gasteiger partial charge is 0.225 e. The Balaban J connectivity index is 2.11. The minimum atomic E-state index is -0.715. The summed E-state index contributed by atoms with van der Waals surface area (Å²) < 4.78 is 32.4. The van der Waals surface area contributed by atoms with Crippen LogP contribution in [0.5, 0.6) is 5.75 Å². The third kappa shape index (κ3) is 3.09. The van der Waals surface area contributed by atoms with Crippen molar-refractivity contribution < 1.29 is 18.3 Å². The number of hydrogen-bond donors (Lipinski definition) is 0. The second-order valence-corrected chi connectivity index (χ2v) is 5.38. The van der Waals surface area contributed by atoms with Crippen LogP contribution in [0.4, 0.5) is 14.5 Å². The Morgan fingerprint density at radius 2 is 1.81 bits per heavy atom. The summed E-state index contributed by atoms with van der Waals surface area (Å²) in [5.74, 6) is -1.72. The minimum Gasteiger partial charge on any atom is -0.491 e. The molecule has 1 aliphatic rings. The molecule has 0 unspecified atom stereocenters. The molecule has 6 heteroatoms. The summed E-state index contributed by atoms with van der Waals surface area (Å²) in [6, 6.07) is 2.61. The maximum Gasteiger partial charge on any atom is 0.225 e. The Labute approximate surface area is 123 Å². The summed E-state index contributed by atoms with van der Waals surface area (Å²) in [7, 11) is 1.24. The molecule has 0 bridgehead atoms. The molecule has 1 amide bonds. The lowest BCUT2D eigenvalue weighted by molar-refractivity contribution is -0.134. The van der Waals surface area contributed by atoms with Crippen LogP contribution < -0.4 is 9.64 Å². The van der Waals surface area contributed by atoms with Crippen LogP contribution in [0, 0.1) is 17.6 Å². The van der Waals surface area contributed by atoms with Crippen LogP contribution in [0.15, 0.2) is 12.1 Å². The highest BCUT2D eigenvalue weighted by atomic mass is 19.1. The lowest BCUT2D eigenvalue weighted by Crippen LogP contribution is -2.50. The van der Waals surface area contributed by atoms with Crippen molar-refractivity contribution in [2.24, 2.45) is 5.92 Å². The maximum absolute atomic E-state index is 14.2. The molecule has 1 aliphatic heterocycles. The molecule has 1 fully saturated rings. The number of amides is 1. The van der Waals surface area contributed by atoms with Crippen molar-refractivity contribution in [2.75, 3.05) is 38.2 Å². The zero-order chi connectivity index (χ0) is 15.6. The van der Waals surface area contributed by atoms with Crippen molar-refractivity contribution in [3.05, 3.63) is 23.8 Å². The van der Waals surface area contributed by atoms with Gasteiger partial charge in [-0.05, 0) is 12.1 Å². The first kappa shape index (κ1) is 15.5. The number of piperazine rings is 1. The average molecular weight is 298 g/mol. The highest BCUT2D eigenvalue weighted by molar-refractivity contribution is 5.78. The molecule has 1 aromatic carbocycles. The number of hydrogen-bond acceptors (Lipinski definition) is 3. The Hall–Kier alpha value is -1.85. The number of carbonyl (C=O) groups is 1. The van der Waals surface area contributed by atoms with Crippen molar-refractivity contribution >= 4 is 11.6 Å². The van der Waals surface area contributed by atoms with E-state index in [2.05, 4.69) is 0 Å². The molecule has 0 spiro atoms. The molecule has 21 heavy (non-hydrogen) atoms. The summed E-state index contributed by atoms with van der Waals surface area (Å²) in [6.45, 7) is 5.83. The van der Waals surface area contributed by atoms with E-state index < -0.39 is 11.6 Å². The Morgan fingerprint density at radius 3 is 2.33 bits per heavy atom.